The molecular weight excluding hydrogens is 310 g/mol. The van der Waals surface area contributed by atoms with Gasteiger partial charge >= 0.3 is 11.9 Å². The molecule has 0 spiro atoms. The van der Waals surface area contributed by atoms with Crippen molar-refractivity contribution in [3.63, 3.8) is 0 Å². The van der Waals surface area contributed by atoms with Crippen molar-refractivity contribution in [3.8, 4) is 0 Å². The highest BCUT2D eigenvalue weighted by Gasteiger charge is 2.12. The molecule has 2 aromatic rings. The standard InChI is InChI=1S/C17H23N3O4/c1-3-8-19(9-7-17(23)24-4-2)13-5-6-15-14(10-13)18-12-20(15)11-16(21)22/h5-6,10,12H,3-4,7-9,11H2,1-2H3,(H,21,22). The zero-order chi connectivity index (χ0) is 17.5. The van der Waals surface area contributed by atoms with Gasteiger partial charge in [-0.05, 0) is 31.5 Å². The number of esters is 1. The zero-order valence-electron chi connectivity index (χ0n) is 14.1. The number of benzene rings is 1. The third kappa shape index (κ3) is 4.47. The molecule has 0 aliphatic carbocycles. The summed E-state index contributed by atoms with van der Waals surface area (Å²) in [5, 5.41) is 8.92. The number of anilines is 1. The Morgan fingerprint density at radius 1 is 1.29 bits per heavy atom. The van der Waals surface area contributed by atoms with Crippen molar-refractivity contribution in [1.82, 2.24) is 9.55 Å². The molecule has 130 valence electrons. The minimum Gasteiger partial charge on any atom is -0.480 e. The number of aliphatic carboxylic acids is 1. The predicted octanol–water partition coefficient (Wildman–Crippen LogP) is 2.29. The second-order valence-corrected chi connectivity index (χ2v) is 5.48. The molecule has 0 aliphatic rings. The quantitative estimate of drug-likeness (QED) is 0.709. The molecule has 0 saturated carbocycles. The van der Waals surface area contributed by atoms with E-state index in [0.717, 1.165) is 29.7 Å². The maximum Gasteiger partial charge on any atom is 0.323 e. The number of hydrogen-bond donors (Lipinski definition) is 1. The summed E-state index contributed by atoms with van der Waals surface area (Å²) in [5.41, 5.74) is 2.49. The molecule has 0 saturated heterocycles. The van der Waals surface area contributed by atoms with Crippen LogP contribution in [0.3, 0.4) is 0 Å². The molecule has 0 amide bonds. The number of nitrogens with zero attached hydrogens (tertiary/aromatic N) is 3. The smallest absolute Gasteiger partial charge is 0.323 e. The lowest BCUT2D eigenvalue weighted by atomic mass is 10.2. The summed E-state index contributed by atoms with van der Waals surface area (Å²) >= 11 is 0. The number of fused-ring (bicyclic) bond motifs is 1. The molecule has 1 aromatic heterocycles. The van der Waals surface area contributed by atoms with E-state index < -0.39 is 5.97 Å². The van der Waals surface area contributed by atoms with Crippen LogP contribution in [0.25, 0.3) is 11.0 Å². The van der Waals surface area contributed by atoms with E-state index in [2.05, 4.69) is 16.8 Å². The first kappa shape index (κ1) is 17.8. The van der Waals surface area contributed by atoms with Gasteiger partial charge < -0.3 is 19.3 Å². The highest BCUT2D eigenvalue weighted by atomic mass is 16.5. The summed E-state index contributed by atoms with van der Waals surface area (Å²) in [7, 11) is 0. The van der Waals surface area contributed by atoms with Crippen LogP contribution in [-0.4, -0.2) is 46.3 Å². The summed E-state index contributed by atoms with van der Waals surface area (Å²) in [6.07, 6.45) is 2.82. The molecule has 2 rings (SSSR count). The lowest BCUT2D eigenvalue weighted by molar-refractivity contribution is -0.143. The number of rotatable bonds is 9. The van der Waals surface area contributed by atoms with Crippen LogP contribution in [0.1, 0.15) is 26.7 Å². The van der Waals surface area contributed by atoms with Gasteiger partial charge in [0.2, 0.25) is 0 Å². The highest BCUT2D eigenvalue weighted by Crippen LogP contribution is 2.22. The van der Waals surface area contributed by atoms with Crippen LogP contribution in [-0.2, 0) is 20.9 Å². The van der Waals surface area contributed by atoms with Gasteiger partial charge in [0, 0.05) is 18.8 Å². The molecule has 0 aliphatic heterocycles. The first-order valence-corrected chi connectivity index (χ1v) is 8.12. The number of carbonyl (C=O) groups excluding carboxylic acids is 1. The molecule has 24 heavy (non-hydrogen) atoms. The first-order chi connectivity index (χ1) is 11.5. The van der Waals surface area contributed by atoms with Crippen LogP contribution in [0.15, 0.2) is 24.5 Å². The van der Waals surface area contributed by atoms with Gasteiger partial charge in [0.25, 0.3) is 0 Å². The second kappa shape index (κ2) is 8.33. The number of hydrogen-bond acceptors (Lipinski definition) is 5. The van der Waals surface area contributed by atoms with E-state index in [9.17, 15) is 9.59 Å². The Hall–Kier alpha value is -2.57. The average molecular weight is 333 g/mol. The lowest BCUT2D eigenvalue weighted by Crippen LogP contribution is -2.27. The molecule has 1 aromatic carbocycles. The van der Waals surface area contributed by atoms with Gasteiger partial charge in [-0.3, -0.25) is 9.59 Å². The maximum absolute atomic E-state index is 11.6. The third-order valence-corrected chi connectivity index (χ3v) is 3.66. The molecule has 0 fully saturated rings. The monoisotopic (exact) mass is 333 g/mol. The molecular formula is C17H23N3O4. The van der Waals surface area contributed by atoms with Crippen LogP contribution in [0.5, 0.6) is 0 Å². The Balaban J connectivity index is 2.17. The molecule has 7 nitrogen and oxygen atoms in total. The molecule has 1 heterocycles. The highest BCUT2D eigenvalue weighted by molar-refractivity contribution is 5.81. The van der Waals surface area contributed by atoms with Crippen molar-refractivity contribution >= 4 is 28.7 Å². The van der Waals surface area contributed by atoms with Gasteiger partial charge in [-0.15, -0.1) is 0 Å². The predicted molar refractivity (Wildman–Crippen MR) is 91.1 cm³/mol. The number of carboxylic acid groups (broad SMARTS) is 1. The Morgan fingerprint density at radius 2 is 2.08 bits per heavy atom. The van der Waals surface area contributed by atoms with Crippen LogP contribution < -0.4 is 4.90 Å². The van der Waals surface area contributed by atoms with Gasteiger partial charge in [0.1, 0.15) is 6.54 Å². The topological polar surface area (TPSA) is 84.7 Å². The Bertz CT molecular complexity index is 711. The number of imidazole rings is 1. The van der Waals surface area contributed by atoms with E-state index in [1.807, 2.05) is 18.2 Å². The van der Waals surface area contributed by atoms with Gasteiger partial charge in [0.15, 0.2) is 0 Å². The Labute approximate surface area is 140 Å². The third-order valence-electron chi connectivity index (χ3n) is 3.66. The van der Waals surface area contributed by atoms with Gasteiger partial charge in [0.05, 0.1) is 30.4 Å². The molecule has 0 unspecified atom stereocenters. The van der Waals surface area contributed by atoms with Crippen molar-refractivity contribution in [2.45, 2.75) is 33.2 Å². The van der Waals surface area contributed by atoms with Gasteiger partial charge in [-0.25, -0.2) is 4.98 Å². The summed E-state index contributed by atoms with van der Waals surface area (Å²) in [6, 6.07) is 5.73. The Morgan fingerprint density at radius 3 is 2.75 bits per heavy atom. The summed E-state index contributed by atoms with van der Waals surface area (Å²) in [4.78, 5) is 28.9. The molecule has 7 heteroatoms. The SMILES string of the molecule is CCCN(CCC(=O)OCC)c1ccc2c(c1)ncn2CC(=O)O. The Kier molecular flexibility index (Phi) is 6.17. The number of carbonyl (C=O) groups is 2. The van der Waals surface area contributed by atoms with Crippen molar-refractivity contribution in [2.75, 3.05) is 24.6 Å². The minimum atomic E-state index is -0.902. The average Bonchev–Trinajstić information content (AvgIpc) is 2.93. The minimum absolute atomic E-state index is 0.114. The summed E-state index contributed by atoms with van der Waals surface area (Å²) in [6.45, 7) is 5.55. The zero-order valence-corrected chi connectivity index (χ0v) is 14.1. The second-order valence-electron chi connectivity index (χ2n) is 5.48. The van der Waals surface area contributed by atoms with Gasteiger partial charge in [-0.2, -0.15) is 0 Å². The van der Waals surface area contributed by atoms with E-state index in [0.29, 0.717) is 19.6 Å². The van der Waals surface area contributed by atoms with Crippen LogP contribution in [0.4, 0.5) is 5.69 Å². The normalized spacial score (nSPS) is 10.8. The lowest BCUT2D eigenvalue weighted by Gasteiger charge is -2.24. The number of ether oxygens (including phenoxy) is 1. The van der Waals surface area contributed by atoms with Crippen molar-refractivity contribution in [1.29, 1.82) is 0 Å². The van der Waals surface area contributed by atoms with Crippen LogP contribution in [0.2, 0.25) is 0 Å². The van der Waals surface area contributed by atoms with Crippen molar-refractivity contribution in [3.05, 3.63) is 24.5 Å². The van der Waals surface area contributed by atoms with Gasteiger partial charge in [-0.1, -0.05) is 6.92 Å². The summed E-state index contributed by atoms with van der Waals surface area (Å²) in [5.74, 6) is -1.11. The van der Waals surface area contributed by atoms with E-state index in [-0.39, 0.29) is 12.5 Å². The molecule has 0 bridgehead atoms. The van der Waals surface area contributed by atoms with E-state index in [1.165, 1.54) is 6.33 Å². The summed E-state index contributed by atoms with van der Waals surface area (Å²) < 4.78 is 6.58. The van der Waals surface area contributed by atoms with E-state index >= 15 is 0 Å². The van der Waals surface area contributed by atoms with Crippen molar-refractivity contribution in [2.24, 2.45) is 0 Å². The first-order valence-electron chi connectivity index (χ1n) is 8.12. The molecule has 1 N–H and O–H groups in total. The fourth-order valence-corrected chi connectivity index (χ4v) is 2.62. The number of carboxylic acids is 1. The molecule has 0 atom stereocenters. The van der Waals surface area contributed by atoms with Crippen LogP contribution >= 0.6 is 0 Å². The maximum atomic E-state index is 11.6. The largest absolute Gasteiger partial charge is 0.480 e. The number of aromatic nitrogens is 2. The van der Waals surface area contributed by atoms with Crippen molar-refractivity contribution < 1.29 is 19.4 Å². The van der Waals surface area contributed by atoms with E-state index in [1.54, 1.807) is 11.5 Å². The fraction of sp³-hybridized carbons (Fsp3) is 0.471. The van der Waals surface area contributed by atoms with E-state index in [4.69, 9.17) is 9.84 Å². The van der Waals surface area contributed by atoms with Crippen LogP contribution in [0, 0.1) is 0 Å². The molecule has 0 radical (unpaired) electrons. The fourth-order valence-electron chi connectivity index (χ4n) is 2.62.